The van der Waals surface area contributed by atoms with E-state index in [9.17, 15) is 18.0 Å². The molecule has 1 saturated heterocycles. The number of carbonyl (C=O) groups excluding carboxylic acids is 2. The zero-order valence-electron chi connectivity index (χ0n) is 15.1. The quantitative estimate of drug-likeness (QED) is 0.691. The van der Waals surface area contributed by atoms with E-state index in [1.807, 2.05) is 0 Å². The highest BCUT2D eigenvalue weighted by molar-refractivity contribution is 7.89. The Morgan fingerprint density at radius 2 is 1.92 bits per heavy atom. The van der Waals surface area contributed by atoms with Crippen LogP contribution >= 0.6 is 0 Å². The number of nitrogens with zero attached hydrogens (tertiary/aromatic N) is 2. The molecule has 0 saturated carbocycles. The molecule has 8 heteroatoms. The molecule has 1 N–H and O–H groups in total. The van der Waals surface area contributed by atoms with Crippen LogP contribution in [0.25, 0.3) is 0 Å². The zero-order chi connectivity index (χ0) is 19.3. The van der Waals surface area contributed by atoms with Crippen LogP contribution in [0.5, 0.6) is 0 Å². The van der Waals surface area contributed by atoms with E-state index in [2.05, 4.69) is 11.9 Å². The lowest BCUT2D eigenvalue weighted by Crippen LogP contribution is -2.33. The Morgan fingerprint density at radius 1 is 1.31 bits per heavy atom. The first-order valence-electron chi connectivity index (χ1n) is 8.64. The number of hydrogen-bond acceptors (Lipinski definition) is 4. The van der Waals surface area contributed by atoms with Gasteiger partial charge >= 0.3 is 0 Å². The van der Waals surface area contributed by atoms with E-state index in [1.54, 1.807) is 32.1 Å². The molecule has 26 heavy (non-hydrogen) atoms. The molecule has 1 aliphatic heterocycles. The van der Waals surface area contributed by atoms with E-state index in [-0.39, 0.29) is 29.7 Å². The molecule has 0 unspecified atom stereocenters. The summed E-state index contributed by atoms with van der Waals surface area (Å²) in [5.74, 6) is -0.744. The fourth-order valence-corrected chi connectivity index (χ4v) is 4.42. The molecule has 2 rings (SSSR count). The van der Waals surface area contributed by atoms with Crippen molar-refractivity contribution in [3.05, 3.63) is 36.9 Å². The molecule has 1 aromatic carbocycles. The van der Waals surface area contributed by atoms with Crippen LogP contribution < -0.4 is 10.2 Å². The van der Waals surface area contributed by atoms with Gasteiger partial charge in [-0.15, -0.1) is 6.58 Å². The Balaban J connectivity index is 2.15. The van der Waals surface area contributed by atoms with Crippen LogP contribution in [0.1, 0.15) is 20.3 Å². The van der Waals surface area contributed by atoms with Crippen molar-refractivity contribution in [2.24, 2.45) is 5.92 Å². The zero-order valence-corrected chi connectivity index (χ0v) is 16.0. The molecule has 0 spiro atoms. The van der Waals surface area contributed by atoms with Gasteiger partial charge in [0.25, 0.3) is 0 Å². The second-order valence-corrected chi connectivity index (χ2v) is 7.96. The van der Waals surface area contributed by atoms with E-state index in [0.29, 0.717) is 25.3 Å². The number of nitrogens with one attached hydrogen (secondary N) is 1. The molecule has 142 valence electrons. The first-order chi connectivity index (χ1) is 12.3. The highest BCUT2D eigenvalue weighted by Crippen LogP contribution is 2.27. The van der Waals surface area contributed by atoms with Crippen molar-refractivity contribution in [2.45, 2.75) is 25.2 Å². The van der Waals surface area contributed by atoms with Gasteiger partial charge in [0.2, 0.25) is 21.8 Å². The monoisotopic (exact) mass is 379 g/mol. The van der Waals surface area contributed by atoms with Gasteiger partial charge in [0, 0.05) is 38.3 Å². The van der Waals surface area contributed by atoms with Crippen LogP contribution in [0.3, 0.4) is 0 Å². The number of carbonyl (C=O) groups is 2. The van der Waals surface area contributed by atoms with Gasteiger partial charge in [-0.05, 0) is 24.3 Å². The van der Waals surface area contributed by atoms with Gasteiger partial charge in [0.1, 0.15) is 0 Å². The summed E-state index contributed by atoms with van der Waals surface area (Å²) in [4.78, 5) is 26.0. The fraction of sp³-hybridized carbons (Fsp3) is 0.444. The van der Waals surface area contributed by atoms with Crippen LogP contribution in [0.4, 0.5) is 5.69 Å². The summed E-state index contributed by atoms with van der Waals surface area (Å²) >= 11 is 0. The predicted molar refractivity (Wildman–Crippen MR) is 100 cm³/mol. The minimum atomic E-state index is -3.53. The highest BCUT2D eigenvalue weighted by atomic mass is 32.2. The van der Waals surface area contributed by atoms with Gasteiger partial charge in [0.05, 0.1) is 10.8 Å². The molecule has 1 atom stereocenters. The van der Waals surface area contributed by atoms with Gasteiger partial charge in [-0.3, -0.25) is 9.59 Å². The maximum atomic E-state index is 12.5. The Hall–Kier alpha value is -2.19. The lowest BCUT2D eigenvalue weighted by atomic mass is 10.1. The van der Waals surface area contributed by atoms with Crippen molar-refractivity contribution in [3.8, 4) is 0 Å². The number of anilines is 1. The normalized spacial score (nSPS) is 17.6. The largest absolute Gasteiger partial charge is 0.352 e. The summed E-state index contributed by atoms with van der Waals surface area (Å²) in [6, 6.07) is 6.22. The number of hydrogen-bond donors (Lipinski definition) is 1. The van der Waals surface area contributed by atoms with Crippen LogP contribution in [0, 0.1) is 5.92 Å². The summed E-state index contributed by atoms with van der Waals surface area (Å²) in [6.45, 7) is 8.56. The molecule has 1 fully saturated rings. The average molecular weight is 379 g/mol. The number of sulfonamides is 1. The standard InChI is InChI=1S/C18H25N3O4S/c1-4-11-19-18(23)14-12-17(22)21(13-14)15-7-9-16(10-8-15)26(24,25)20(5-2)6-3/h4,7-10,14H,1,5-6,11-13H2,2-3H3,(H,19,23)/t14-/m0/s1. The smallest absolute Gasteiger partial charge is 0.243 e. The molecule has 2 amide bonds. The van der Waals surface area contributed by atoms with Crippen molar-refractivity contribution in [1.29, 1.82) is 0 Å². The van der Waals surface area contributed by atoms with E-state index in [4.69, 9.17) is 0 Å². The van der Waals surface area contributed by atoms with Crippen LogP contribution in [0.15, 0.2) is 41.8 Å². The lowest BCUT2D eigenvalue weighted by molar-refractivity contribution is -0.126. The van der Waals surface area contributed by atoms with E-state index < -0.39 is 15.9 Å². The summed E-state index contributed by atoms with van der Waals surface area (Å²) in [6.07, 6.45) is 1.73. The van der Waals surface area contributed by atoms with E-state index in [1.165, 1.54) is 21.3 Å². The molecular formula is C18H25N3O4S. The summed E-state index contributed by atoms with van der Waals surface area (Å²) in [7, 11) is -3.53. The minimum Gasteiger partial charge on any atom is -0.352 e. The second kappa shape index (κ2) is 8.46. The van der Waals surface area contributed by atoms with Crippen molar-refractivity contribution in [1.82, 2.24) is 9.62 Å². The summed E-state index contributed by atoms with van der Waals surface area (Å²) < 4.78 is 26.4. The summed E-state index contributed by atoms with van der Waals surface area (Å²) in [5, 5.41) is 2.70. The second-order valence-electron chi connectivity index (χ2n) is 6.02. The van der Waals surface area contributed by atoms with E-state index in [0.717, 1.165) is 0 Å². The van der Waals surface area contributed by atoms with Crippen molar-refractivity contribution in [3.63, 3.8) is 0 Å². The average Bonchev–Trinajstić information content (AvgIpc) is 3.02. The molecule has 0 aliphatic carbocycles. The Kier molecular flexibility index (Phi) is 6.55. The molecule has 1 aromatic rings. The maximum Gasteiger partial charge on any atom is 0.243 e. The Morgan fingerprint density at radius 3 is 2.46 bits per heavy atom. The lowest BCUT2D eigenvalue weighted by Gasteiger charge is -2.20. The van der Waals surface area contributed by atoms with E-state index >= 15 is 0 Å². The number of benzene rings is 1. The maximum absolute atomic E-state index is 12.5. The highest BCUT2D eigenvalue weighted by Gasteiger charge is 2.35. The number of amides is 2. The molecule has 0 bridgehead atoms. The SMILES string of the molecule is C=CCNC(=O)[C@H]1CC(=O)N(c2ccc(S(=O)(=O)N(CC)CC)cc2)C1. The molecule has 1 aliphatic rings. The topological polar surface area (TPSA) is 86.8 Å². The fourth-order valence-electron chi connectivity index (χ4n) is 2.96. The van der Waals surface area contributed by atoms with Crippen molar-refractivity contribution in [2.75, 3.05) is 31.1 Å². The van der Waals surface area contributed by atoms with Crippen LogP contribution in [-0.4, -0.2) is 50.7 Å². The first-order valence-corrected chi connectivity index (χ1v) is 10.1. The first kappa shape index (κ1) is 20.1. The molecule has 7 nitrogen and oxygen atoms in total. The molecule has 0 radical (unpaired) electrons. The van der Waals surface area contributed by atoms with Gasteiger partial charge in [-0.2, -0.15) is 4.31 Å². The third-order valence-electron chi connectivity index (χ3n) is 4.41. The van der Waals surface area contributed by atoms with Crippen LogP contribution in [0.2, 0.25) is 0 Å². The Labute approximate surface area is 154 Å². The Bertz CT molecular complexity index is 770. The van der Waals surface area contributed by atoms with Crippen molar-refractivity contribution >= 4 is 27.5 Å². The third-order valence-corrected chi connectivity index (χ3v) is 6.47. The molecule has 1 heterocycles. The predicted octanol–water partition coefficient (Wildman–Crippen LogP) is 1.37. The minimum absolute atomic E-state index is 0.141. The van der Waals surface area contributed by atoms with Crippen LogP contribution in [-0.2, 0) is 19.6 Å². The summed E-state index contributed by atoms with van der Waals surface area (Å²) in [5.41, 5.74) is 0.590. The number of rotatable bonds is 8. The van der Waals surface area contributed by atoms with Gasteiger partial charge in [-0.25, -0.2) is 8.42 Å². The molecule has 0 aromatic heterocycles. The van der Waals surface area contributed by atoms with Gasteiger partial charge in [0.15, 0.2) is 0 Å². The molecular weight excluding hydrogens is 354 g/mol. The van der Waals surface area contributed by atoms with Crippen molar-refractivity contribution < 1.29 is 18.0 Å². The third kappa shape index (κ3) is 4.13. The van der Waals surface area contributed by atoms with Gasteiger partial charge < -0.3 is 10.2 Å². The van der Waals surface area contributed by atoms with Gasteiger partial charge in [-0.1, -0.05) is 19.9 Å².